The molecule has 1 fully saturated rings. The second kappa shape index (κ2) is 11.4. The third-order valence-corrected chi connectivity index (χ3v) is 11.4. The zero-order valence-electron chi connectivity index (χ0n) is 28.4. The van der Waals surface area contributed by atoms with Crippen molar-refractivity contribution < 1.29 is 0 Å². The molecule has 0 amide bonds. The molecule has 2 unspecified atom stereocenters. The molecule has 0 spiro atoms. The Labute approximate surface area is 293 Å². The second-order valence-electron chi connectivity index (χ2n) is 14.5. The Morgan fingerprint density at radius 2 is 1.18 bits per heavy atom. The van der Waals surface area contributed by atoms with Crippen molar-refractivity contribution in [2.75, 3.05) is 0 Å². The molecule has 1 aromatic heterocycles. The monoisotopic (exact) mass is 648 g/mol. The Hall–Kier alpha value is -5.26. The summed E-state index contributed by atoms with van der Waals surface area (Å²) in [7, 11) is 0. The fraction of sp³-hybridized carbons (Fsp3) is 0.174. The fourth-order valence-electron chi connectivity index (χ4n) is 9.16. The topological polar surface area (TPSA) is 41.0 Å². The predicted octanol–water partition coefficient (Wildman–Crippen LogP) is 10.5. The van der Waals surface area contributed by atoms with Gasteiger partial charge in [-0.05, 0) is 69.8 Å². The highest BCUT2D eigenvalue weighted by atomic mass is 15.4. The van der Waals surface area contributed by atoms with Crippen molar-refractivity contribution in [2.45, 2.75) is 50.6 Å². The van der Waals surface area contributed by atoms with Gasteiger partial charge in [0, 0.05) is 27.3 Å². The van der Waals surface area contributed by atoms with Crippen molar-refractivity contribution in [3.8, 4) is 5.69 Å². The summed E-state index contributed by atoms with van der Waals surface area (Å²) in [5.41, 5.74) is 13.2. The van der Waals surface area contributed by atoms with Crippen molar-refractivity contribution in [3.63, 3.8) is 0 Å². The van der Waals surface area contributed by atoms with Crippen LogP contribution in [0.3, 0.4) is 0 Å². The molecule has 0 radical (unpaired) electrons. The first-order valence-electron chi connectivity index (χ1n) is 18.0. The standard InChI is InChI=1S/C46H40N4/c1-46(2)37-26-13-11-24-35(37)39-40-36-25-12-14-27-38(36)50(42(40)34-23-10-9-22-33(34)41(39)46)32-21-15-20-31(28-32)45-48-43(29-16-5-3-6-17-29)47-44(49-45)30-18-7-4-8-19-30/h3-12,14-25,27-28,43-45,47-49H,13,26H2,1-2H3. The van der Waals surface area contributed by atoms with Crippen LogP contribution in [0.25, 0.3) is 43.8 Å². The number of para-hydroxylation sites is 1. The van der Waals surface area contributed by atoms with E-state index >= 15 is 0 Å². The van der Waals surface area contributed by atoms with Crippen molar-refractivity contribution in [2.24, 2.45) is 0 Å². The van der Waals surface area contributed by atoms with E-state index < -0.39 is 0 Å². The minimum absolute atomic E-state index is 0.0227. The van der Waals surface area contributed by atoms with Gasteiger partial charge in [0.25, 0.3) is 0 Å². The molecule has 4 nitrogen and oxygen atoms in total. The van der Waals surface area contributed by atoms with Gasteiger partial charge in [-0.25, -0.2) is 0 Å². The number of rotatable bonds is 4. The van der Waals surface area contributed by atoms with Gasteiger partial charge in [0.15, 0.2) is 0 Å². The first-order chi connectivity index (χ1) is 24.6. The smallest absolute Gasteiger partial charge is 0.0865 e. The SMILES string of the molecule is CC1(C)C2=C(C=CCC2)c2c1c1ccccc1c1c2c2ccccc2n1-c1cccc(C2NC(c3ccccc3)NC(c3ccccc3)N2)c1. The number of hydrogen-bond donors (Lipinski definition) is 3. The van der Waals surface area contributed by atoms with Gasteiger partial charge in [-0.3, -0.25) is 16.0 Å². The molecule has 2 heterocycles. The zero-order chi connectivity index (χ0) is 33.4. The average molecular weight is 649 g/mol. The molecule has 2 aliphatic carbocycles. The second-order valence-corrected chi connectivity index (χ2v) is 14.5. The molecule has 0 bridgehead atoms. The van der Waals surface area contributed by atoms with E-state index in [2.05, 4.69) is 180 Å². The number of aromatic nitrogens is 1. The molecule has 1 saturated heterocycles. The Morgan fingerprint density at radius 1 is 0.600 bits per heavy atom. The lowest BCUT2D eigenvalue weighted by molar-refractivity contribution is 0.203. The molecule has 7 aromatic rings. The van der Waals surface area contributed by atoms with Gasteiger partial charge in [0.05, 0.1) is 29.5 Å². The number of nitrogens with zero attached hydrogens (tertiary/aromatic N) is 1. The summed E-state index contributed by atoms with van der Waals surface area (Å²) in [4.78, 5) is 0. The van der Waals surface area contributed by atoms with E-state index in [1.165, 1.54) is 71.7 Å². The highest BCUT2D eigenvalue weighted by Gasteiger charge is 2.41. The van der Waals surface area contributed by atoms with Gasteiger partial charge < -0.3 is 4.57 Å². The first-order valence-corrected chi connectivity index (χ1v) is 18.0. The van der Waals surface area contributed by atoms with Gasteiger partial charge >= 0.3 is 0 Å². The number of benzene rings is 6. The van der Waals surface area contributed by atoms with E-state index in [1.54, 1.807) is 5.57 Å². The van der Waals surface area contributed by atoms with Crippen molar-refractivity contribution in [1.29, 1.82) is 0 Å². The summed E-state index contributed by atoms with van der Waals surface area (Å²) in [5.74, 6) is 0. The van der Waals surface area contributed by atoms with Crippen LogP contribution in [0.4, 0.5) is 0 Å². The Morgan fingerprint density at radius 3 is 1.88 bits per heavy atom. The molecular weight excluding hydrogens is 609 g/mol. The van der Waals surface area contributed by atoms with Crippen molar-refractivity contribution >= 4 is 38.2 Å². The van der Waals surface area contributed by atoms with E-state index in [0.717, 1.165) is 12.8 Å². The molecule has 6 aromatic carbocycles. The quantitative estimate of drug-likeness (QED) is 0.178. The molecule has 2 atom stereocenters. The van der Waals surface area contributed by atoms with Crippen LogP contribution in [0, 0.1) is 0 Å². The van der Waals surface area contributed by atoms with Gasteiger partial charge in [-0.1, -0.05) is 147 Å². The van der Waals surface area contributed by atoms with Gasteiger partial charge in [-0.2, -0.15) is 0 Å². The molecular formula is C46H40N4. The Balaban J connectivity index is 1.19. The minimum atomic E-state index is -0.0819. The maximum absolute atomic E-state index is 3.89. The zero-order valence-corrected chi connectivity index (χ0v) is 28.4. The van der Waals surface area contributed by atoms with Crippen LogP contribution < -0.4 is 16.0 Å². The van der Waals surface area contributed by atoms with Crippen LogP contribution >= 0.6 is 0 Å². The van der Waals surface area contributed by atoms with E-state index in [1.807, 2.05) is 0 Å². The van der Waals surface area contributed by atoms with E-state index in [4.69, 9.17) is 0 Å². The minimum Gasteiger partial charge on any atom is -0.309 e. The Kier molecular flexibility index (Phi) is 6.75. The lowest BCUT2D eigenvalue weighted by atomic mass is 9.76. The van der Waals surface area contributed by atoms with Crippen LogP contribution in [-0.2, 0) is 5.41 Å². The van der Waals surface area contributed by atoms with Crippen molar-refractivity contribution in [1.82, 2.24) is 20.5 Å². The molecule has 0 saturated carbocycles. The Bertz CT molecular complexity index is 2460. The van der Waals surface area contributed by atoms with Gasteiger partial charge in [0.1, 0.15) is 0 Å². The van der Waals surface area contributed by atoms with Crippen LogP contribution in [-0.4, -0.2) is 4.57 Å². The first kappa shape index (κ1) is 29.6. The largest absolute Gasteiger partial charge is 0.309 e. The highest BCUT2D eigenvalue weighted by Crippen LogP contribution is 2.56. The molecule has 4 heteroatoms. The normalized spacial score (nSPS) is 21.2. The summed E-state index contributed by atoms with van der Waals surface area (Å²) in [6.45, 7) is 4.89. The summed E-state index contributed by atoms with van der Waals surface area (Å²) in [5, 5.41) is 16.9. The summed E-state index contributed by atoms with van der Waals surface area (Å²) < 4.78 is 2.53. The van der Waals surface area contributed by atoms with Crippen LogP contribution in [0.2, 0.25) is 0 Å². The van der Waals surface area contributed by atoms with Gasteiger partial charge in [0.2, 0.25) is 0 Å². The fourth-order valence-corrected chi connectivity index (χ4v) is 9.16. The van der Waals surface area contributed by atoms with Crippen LogP contribution in [0.5, 0.6) is 0 Å². The maximum atomic E-state index is 3.89. The maximum Gasteiger partial charge on any atom is 0.0865 e. The van der Waals surface area contributed by atoms with Gasteiger partial charge in [-0.15, -0.1) is 0 Å². The van der Waals surface area contributed by atoms with Crippen molar-refractivity contribution in [3.05, 3.63) is 179 Å². The summed E-state index contributed by atoms with van der Waals surface area (Å²) in [6.07, 6.45) is 6.89. The van der Waals surface area contributed by atoms with E-state index in [-0.39, 0.29) is 23.9 Å². The lowest BCUT2D eigenvalue weighted by Crippen LogP contribution is -2.54. The number of fused-ring (bicyclic) bond motifs is 9. The molecule has 3 N–H and O–H groups in total. The lowest BCUT2D eigenvalue weighted by Gasteiger charge is -2.39. The summed E-state index contributed by atoms with van der Waals surface area (Å²) in [6, 6.07) is 48.6. The van der Waals surface area contributed by atoms with E-state index in [0.29, 0.717) is 0 Å². The predicted molar refractivity (Wildman–Crippen MR) is 207 cm³/mol. The number of allylic oxidation sites excluding steroid dienone is 4. The molecule has 3 aliphatic rings. The number of nitrogens with one attached hydrogen (secondary N) is 3. The van der Waals surface area contributed by atoms with Crippen LogP contribution in [0.15, 0.2) is 151 Å². The van der Waals surface area contributed by atoms with E-state index in [9.17, 15) is 0 Å². The highest BCUT2D eigenvalue weighted by molar-refractivity contribution is 6.25. The average Bonchev–Trinajstić information content (AvgIpc) is 3.65. The third kappa shape index (κ3) is 4.42. The van der Waals surface area contributed by atoms with Crippen LogP contribution in [0.1, 0.15) is 73.0 Å². The third-order valence-electron chi connectivity index (χ3n) is 11.4. The molecule has 1 aliphatic heterocycles. The number of hydrogen-bond acceptors (Lipinski definition) is 3. The molecule has 50 heavy (non-hydrogen) atoms. The summed E-state index contributed by atoms with van der Waals surface area (Å²) >= 11 is 0. The molecule has 244 valence electrons. The molecule has 10 rings (SSSR count).